The van der Waals surface area contributed by atoms with E-state index >= 15 is 0 Å². The number of benzene rings is 1. The first-order chi connectivity index (χ1) is 9.72. The fraction of sp³-hybridized carbons (Fsp3) is 0.562. The van der Waals surface area contributed by atoms with Crippen LogP contribution in [-0.4, -0.2) is 18.0 Å². The molecule has 2 N–H and O–H groups in total. The van der Waals surface area contributed by atoms with Crippen molar-refractivity contribution >= 4 is 34.2 Å². The average molecular weight is 384 g/mol. The SMILES string of the molecule is O=C(Nc1cccc(I)c1)C1CCC2CCCCC2N1. The van der Waals surface area contributed by atoms with Crippen molar-refractivity contribution in [2.75, 3.05) is 5.32 Å². The van der Waals surface area contributed by atoms with Crippen molar-refractivity contribution < 1.29 is 4.79 Å². The minimum Gasteiger partial charge on any atom is -0.325 e. The molecule has 20 heavy (non-hydrogen) atoms. The third-order valence-corrected chi connectivity index (χ3v) is 5.23. The van der Waals surface area contributed by atoms with E-state index in [4.69, 9.17) is 0 Å². The second-order valence-corrected chi connectivity index (χ2v) is 7.19. The Balaban J connectivity index is 1.60. The Hall–Kier alpha value is -0.620. The van der Waals surface area contributed by atoms with Crippen molar-refractivity contribution in [2.24, 2.45) is 5.92 Å². The molecule has 0 spiro atoms. The first kappa shape index (κ1) is 14.3. The number of hydrogen-bond donors (Lipinski definition) is 2. The average Bonchev–Trinajstić information content (AvgIpc) is 2.47. The van der Waals surface area contributed by atoms with Crippen LogP contribution >= 0.6 is 22.6 Å². The monoisotopic (exact) mass is 384 g/mol. The molecule has 0 radical (unpaired) electrons. The maximum atomic E-state index is 12.4. The van der Waals surface area contributed by atoms with Crippen LogP contribution in [-0.2, 0) is 4.79 Å². The Labute approximate surface area is 134 Å². The van der Waals surface area contributed by atoms with E-state index in [0.29, 0.717) is 6.04 Å². The van der Waals surface area contributed by atoms with E-state index in [9.17, 15) is 4.79 Å². The zero-order chi connectivity index (χ0) is 13.9. The van der Waals surface area contributed by atoms with Gasteiger partial charge in [0.25, 0.3) is 0 Å². The first-order valence-electron chi connectivity index (χ1n) is 7.55. The maximum Gasteiger partial charge on any atom is 0.241 e. The van der Waals surface area contributed by atoms with Crippen LogP contribution in [0.1, 0.15) is 38.5 Å². The largest absolute Gasteiger partial charge is 0.325 e. The summed E-state index contributed by atoms with van der Waals surface area (Å²) in [7, 11) is 0. The minimum absolute atomic E-state index is 0.0211. The van der Waals surface area contributed by atoms with Gasteiger partial charge in [0, 0.05) is 15.3 Å². The number of rotatable bonds is 2. The van der Waals surface area contributed by atoms with Crippen molar-refractivity contribution in [2.45, 2.75) is 50.6 Å². The normalized spacial score (nSPS) is 29.6. The molecule has 2 aliphatic rings. The van der Waals surface area contributed by atoms with Gasteiger partial charge in [-0.2, -0.15) is 0 Å². The van der Waals surface area contributed by atoms with E-state index in [-0.39, 0.29) is 11.9 Å². The van der Waals surface area contributed by atoms with Gasteiger partial charge in [0.1, 0.15) is 0 Å². The Bertz CT molecular complexity index is 491. The number of piperidine rings is 1. The summed E-state index contributed by atoms with van der Waals surface area (Å²) in [6.07, 6.45) is 7.40. The van der Waals surface area contributed by atoms with Gasteiger partial charge in [-0.15, -0.1) is 0 Å². The summed E-state index contributed by atoms with van der Waals surface area (Å²) in [4.78, 5) is 12.4. The highest BCUT2D eigenvalue weighted by atomic mass is 127. The number of amides is 1. The van der Waals surface area contributed by atoms with Gasteiger partial charge in [-0.25, -0.2) is 0 Å². The quantitative estimate of drug-likeness (QED) is 0.766. The molecule has 3 unspecified atom stereocenters. The van der Waals surface area contributed by atoms with Crippen LogP contribution in [0.15, 0.2) is 24.3 Å². The lowest BCUT2D eigenvalue weighted by Gasteiger charge is -2.39. The van der Waals surface area contributed by atoms with E-state index in [1.54, 1.807) is 0 Å². The highest BCUT2D eigenvalue weighted by Gasteiger charge is 2.34. The Morgan fingerprint density at radius 3 is 2.90 bits per heavy atom. The van der Waals surface area contributed by atoms with Gasteiger partial charge >= 0.3 is 0 Å². The van der Waals surface area contributed by atoms with Crippen LogP contribution < -0.4 is 10.6 Å². The first-order valence-corrected chi connectivity index (χ1v) is 8.63. The van der Waals surface area contributed by atoms with E-state index in [2.05, 4.69) is 33.2 Å². The molecule has 4 heteroatoms. The van der Waals surface area contributed by atoms with Crippen molar-refractivity contribution in [1.82, 2.24) is 5.32 Å². The van der Waals surface area contributed by atoms with E-state index in [1.807, 2.05) is 24.3 Å². The van der Waals surface area contributed by atoms with Crippen LogP contribution in [0.3, 0.4) is 0 Å². The maximum absolute atomic E-state index is 12.4. The number of hydrogen-bond acceptors (Lipinski definition) is 2. The van der Waals surface area contributed by atoms with Crippen molar-refractivity contribution in [3.63, 3.8) is 0 Å². The molecular weight excluding hydrogens is 363 g/mol. The topological polar surface area (TPSA) is 41.1 Å². The molecule has 1 aromatic carbocycles. The van der Waals surface area contributed by atoms with Crippen molar-refractivity contribution in [3.8, 4) is 0 Å². The number of nitrogens with one attached hydrogen (secondary N) is 2. The third kappa shape index (κ3) is 3.34. The van der Waals surface area contributed by atoms with Gasteiger partial charge in [-0.3, -0.25) is 4.79 Å². The summed E-state index contributed by atoms with van der Waals surface area (Å²) in [5.74, 6) is 0.918. The standard InChI is InChI=1S/C16H21IN2O/c17-12-5-3-6-13(10-12)18-16(20)15-9-8-11-4-1-2-7-14(11)19-15/h3,5-6,10-11,14-15,19H,1-2,4,7-9H2,(H,18,20). The number of carbonyl (C=O) groups is 1. The van der Waals surface area contributed by atoms with Crippen LogP contribution in [0.4, 0.5) is 5.69 Å². The molecule has 1 aliphatic heterocycles. The van der Waals surface area contributed by atoms with Crippen molar-refractivity contribution in [3.05, 3.63) is 27.8 Å². The van der Waals surface area contributed by atoms with Crippen LogP contribution in [0.25, 0.3) is 0 Å². The second kappa shape index (κ2) is 6.43. The molecule has 3 rings (SSSR count). The molecule has 1 saturated heterocycles. The van der Waals surface area contributed by atoms with Gasteiger partial charge in [-0.1, -0.05) is 18.9 Å². The lowest BCUT2D eigenvalue weighted by Crippen LogP contribution is -2.53. The predicted molar refractivity (Wildman–Crippen MR) is 89.7 cm³/mol. The molecule has 1 aliphatic carbocycles. The fourth-order valence-corrected chi connectivity index (χ4v) is 4.04. The molecule has 1 amide bonds. The summed E-state index contributed by atoms with van der Waals surface area (Å²) in [5, 5.41) is 6.62. The molecule has 2 fully saturated rings. The summed E-state index contributed by atoms with van der Waals surface area (Å²) in [6, 6.07) is 8.50. The minimum atomic E-state index is -0.0211. The highest BCUT2D eigenvalue weighted by Crippen LogP contribution is 2.32. The summed E-state index contributed by atoms with van der Waals surface area (Å²) in [6.45, 7) is 0. The van der Waals surface area contributed by atoms with Gasteiger partial charge in [0.15, 0.2) is 0 Å². The lowest BCUT2D eigenvalue weighted by molar-refractivity contribution is -0.119. The molecule has 1 saturated carbocycles. The van der Waals surface area contributed by atoms with E-state index in [1.165, 1.54) is 32.1 Å². The zero-order valence-corrected chi connectivity index (χ0v) is 13.7. The van der Waals surface area contributed by atoms with Crippen molar-refractivity contribution in [1.29, 1.82) is 0 Å². The zero-order valence-electron chi connectivity index (χ0n) is 11.6. The summed E-state index contributed by atoms with van der Waals surface area (Å²) in [5.41, 5.74) is 0.898. The van der Waals surface area contributed by atoms with Crippen LogP contribution in [0, 0.1) is 9.49 Å². The molecule has 0 bridgehead atoms. The number of halogens is 1. The van der Waals surface area contributed by atoms with Gasteiger partial charge < -0.3 is 10.6 Å². The fourth-order valence-electron chi connectivity index (χ4n) is 3.50. The van der Waals surface area contributed by atoms with Crippen LogP contribution in [0.5, 0.6) is 0 Å². The molecule has 108 valence electrons. The van der Waals surface area contributed by atoms with Gasteiger partial charge in [0.2, 0.25) is 5.91 Å². The Morgan fingerprint density at radius 2 is 2.05 bits per heavy atom. The smallest absolute Gasteiger partial charge is 0.241 e. The molecule has 3 nitrogen and oxygen atoms in total. The summed E-state index contributed by atoms with van der Waals surface area (Å²) >= 11 is 2.26. The van der Waals surface area contributed by atoms with Gasteiger partial charge in [0.05, 0.1) is 6.04 Å². The number of anilines is 1. The van der Waals surface area contributed by atoms with E-state index in [0.717, 1.165) is 21.6 Å². The lowest BCUT2D eigenvalue weighted by atomic mass is 9.77. The molecule has 1 heterocycles. The Kier molecular flexibility index (Phi) is 4.61. The molecule has 1 aromatic rings. The Morgan fingerprint density at radius 1 is 1.20 bits per heavy atom. The predicted octanol–water partition coefficient (Wildman–Crippen LogP) is 3.54. The van der Waals surface area contributed by atoms with Crippen LogP contribution in [0.2, 0.25) is 0 Å². The molecule has 0 aromatic heterocycles. The summed E-state index contributed by atoms with van der Waals surface area (Å²) < 4.78 is 1.14. The highest BCUT2D eigenvalue weighted by molar-refractivity contribution is 14.1. The third-order valence-electron chi connectivity index (χ3n) is 4.56. The van der Waals surface area contributed by atoms with Gasteiger partial charge in [-0.05, 0) is 72.4 Å². The van der Waals surface area contributed by atoms with E-state index < -0.39 is 0 Å². The number of carbonyl (C=O) groups excluding carboxylic acids is 1. The molecule has 3 atom stereocenters. The number of fused-ring (bicyclic) bond motifs is 1. The second-order valence-electron chi connectivity index (χ2n) is 5.95. The molecular formula is C16H21IN2O.